The first-order chi connectivity index (χ1) is 24.6. The Hall–Kier alpha value is -5.07. The number of hydrogen-bond donors (Lipinski definition) is 3. The number of anilines is 1. The first-order valence-corrected chi connectivity index (χ1v) is 16.7. The molecule has 5 aromatic rings. The molecule has 3 aliphatic rings. The molecule has 0 spiro atoms. The number of alkyl halides is 4. The van der Waals surface area contributed by atoms with Crippen molar-refractivity contribution in [2.45, 2.75) is 62.1 Å². The van der Waals surface area contributed by atoms with Crippen molar-refractivity contribution in [2.75, 3.05) is 5.73 Å². The van der Waals surface area contributed by atoms with E-state index in [1.165, 1.54) is 4.68 Å². The number of nitrogens with one attached hydrogen (secondary N) is 1. The van der Waals surface area contributed by atoms with Crippen LogP contribution >= 0.6 is 11.6 Å². The summed E-state index contributed by atoms with van der Waals surface area (Å²) in [5.74, 6) is -2.28. The second kappa shape index (κ2) is 12.0. The number of nitrogen functional groups attached to an aromatic ring is 1. The van der Waals surface area contributed by atoms with Gasteiger partial charge in [0.05, 0.1) is 27.7 Å². The van der Waals surface area contributed by atoms with Crippen LogP contribution < -0.4 is 11.1 Å². The molecule has 2 saturated carbocycles. The van der Waals surface area contributed by atoms with Gasteiger partial charge in [0.1, 0.15) is 40.9 Å². The number of benzene rings is 2. The first kappa shape index (κ1) is 34.0. The van der Waals surface area contributed by atoms with Crippen molar-refractivity contribution < 1.29 is 36.2 Å². The molecule has 1 amide bonds. The summed E-state index contributed by atoms with van der Waals surface area (Å²) < 4.78 is 89.6. The van der Waals surface area contributed by atoms with Gasteiger partial charge in [0.15, 0.2) is 5.82 Å². The molecule has 3 heterocycles. The van der Waals surface area contributed by atoms with Gasteiger partial charge in [-0.25, -0.2) is 22.5 Å². The summed E-state index contributed by atoms with van der Waals surface area (Å²) in [5.41, 5.74) is 5.13. The minimum absolute atomic E-state index is 0.0508. The lowest BCUT2D eigenvalue weighted by molar-refractivity contribution is -0.123. The van der Waals surface area contributed by atoms with Crippen molar-refractivity contribution in [3.05, 3.63) is 93.0 Å². The predicted molar refractivity (Wildman–Crippen MR) is 177 cm³/mol. The Morgan fingerprint density at radius 2 is 1.81 bits per heavy atom. The fourth-order valence-electron chi connectivity index (χ4n) is 7.22. The molecule has 8 rings (SSSR count). The minimum Gasteiger partial charge on any atom is -0.382 e. The Labute approximate surface area is 296 Å². The number of aliphatic hydroxyl groups is 1. The molecular weight excluding hydrogens is 712 g/mol. The number of pyridine rings is 1. The molecule has 9 nitrogen and oxygen atoms in total. The Morgan fingerprint density at radius 3 is 2.50 bits per heavy atom. The van der Waals surface area contributed by atoms with Crippen LogP contribution in [0.3, 0.4) is 0 Å². The second-order valence-corrected chi connectivity index (χ2v) is 13.9. The number of carbonyl (C=O) groups excluding carboxylic acids is 1. The Balaban J connectivity index is 1.25. The molecule has 3 atom stereocenters. The molecular formula is C36H28ClF6N7O2. The average Bonchev–Trinajstić information content (AvgIpc) is 3.94. The zero-order valence-corrected chi connectivity index (χ0v) is 28.0. The standard InChI is InChI=1S/C36H28ClF6N7O2/c1-49-31-21(4-5-24(37)28(31)34(44)48-49)20-3-2-19(6-7-35(52)8-9-35)45-29(20)25(12-16-10-17(38)13-18(39)11-16)46-26(51)15-50-32-27(30(47-50)33(40)41)22-14-23(22)36(32,42)43/h2-5,10-11,13,22-23,25,33,52H,8-9,12,14-15H2,1H3,(H2,44,48)(H,46,51)/t22-,23+,25-/m0/s1. The number of halogens is 7. The lowest BCUT2D eigenvalue weighted by atomic mass is 9.93. The number of nitrogens with two attached hydrogens (primary N) is 1. The molecule has 268 valence electrons. The average molecular weight is 740 g/mol. The van der Waals surface area contributed by atoms with Crippen molar-refractivity contribution in [3.63, 3.8) is 0 Å². The third-order valence-electron chi connectivity index (χ3n) is 9.81. The number of hydrogen-bond acceptors (Lipinski definition) is 6. The third kappa shape index (κ3) is 5.83. The molecule has 0 saturated heterocycles. The van der Waals surface area contributed by atoms with E-state index in [2.05, 4.69) is 27.4 Å². The lowest BCUT2D eigenvalue weighted by Crippen LogP contribution is -2.35. The Morgan fingerprint density at radius 1 is 1.10 bits per heavy atom. The van der Waals surface area contributed by atoms with Crippen LogP contribution in [-0.2, 0) is 30.7 Å². The monoisotopic (exact) mass is 739 g/mol. The van der Waals surface area contributed by atoms with Crippen LogP contribution in [0, 0.1) is 29.4 Å². The largest absolute Gasteiger partial charge is 0.382 e. The summed E-state index contributed by atoms with van der Waals surface area (Å²) in [6.45, 7) is -0.858. The van der Waals surface area contributed by atoms with Crippen LogP contribution in [-0.4, -0.2) is 41.2 Å². The van der Waals surface area contributed by atoms with Gasteiger partial charge in [-0.1, -0.05) is 23.6 Å². The molecule has 0 unspecified atom stereocenters. The fourth-order valence-corrected chi connectivity index (χ4v) is 7.47. The molecule has 16 heteroatoms. The van der Waals surface area contributed by atoms with E-state index in [-0.39, 0.29) is 41.2 Å². The number of rotatable bonds is 8. The summed E-state index contributed by atoms with van der Waals surface area (Å²) in [5, 5.41) is 21.9. The zero-order valence-electron chi connectivity index (χ0n) is 27.2. The maximum Gasteiger partial charge on any atom is 0.293 e. The number of aryl methyl sites for hydroxylation is 1. The van der Waals surface area contributed by atoms with Gasteiger partial charge in [-0.2, -0.15) is 19.0 Å². The molecule has 4 N–H and O–H groups in total. The summed E-state index contributed by atoms with van der Waals surface area (Å²) in [6, 6.07) is 8.12. The fraction of sp³-hybridized carbons (Fsp3) is 0.333. The number of carbonyl (C=O) groups is 1. The summed E-state index contributed by atoms with van der Waals surface area (Å²) in [6.07, 6.45) is -2.39. The highest BCUT2D eigenvalue weighted by Crippen LogP contribution is 2.68. The molecule has 0 radical (unpaired) electrons. The number of fused-ring (bicyclic) bond motifs is 4. The van der Waals surface area contributed by atoms with Crippen LogP contribution in [0.25, 0.3) is 22.0 Å². The molecule has 52 heavy (non-hydrogen) atoms. The maximum absolute atomic E-state index is 15.3. The molecule has 0 aliphatic heterocycles. The van der Waals surface area contributed by atoms with Gasteiger partial charge in [0.2, 0.25) is 5.91 Å². The smallest absolute Gasteiger partial charge is 0.293 e. The quantitative estimate of drug-likeness (QED) is 0.124. The van der Waals surface area contributed by atoms with Crippen LogP contribution in [0.15, 0.2) is 42.5 Å². The van der Waals surface area contributed by atoms with Gasteiger partial charge >= 0.3 is 0 Å². The molecule has 3 aliphatic carbocycles. The van der Waals surface area contributed by atoms with Crippen molar-refractivity contribution in [1.82, 2.24) is 29.9 Å². The Kier molecular flexibility index (Phi) is 7.85. The van der Waals surface area contributed by atoms with Crippen LogP contribution in [0.4, 0.5) is 32.2 Å². The molecule has 3 aromatic heterocycles. The minimum atomic E-state index is -3.46. The predicted octanol–water partition coefficient (Wildman–Crippen LogP) is 6.47. The second-order valence-electron chi connectivity index (χ2n) is 13.5. The van der Waals surface area contributed by atoms with Crippen molar-refractivity contribution >= 4 is 34.2 Å². The van der Waals surface area contributed by atoms with Crippen molar-refractivity contribution in [3.8, 4) is 23.0 Å². The molecule has 0 bridgehead atoms. The van der Waals surface area contributed by atoms with Crippen molar-refractivity contribution in [1.29, 1.82) is 0 Å². The number of amides is 1. The first-order valence-electron chi connectivity index (χ1n) is 16.3. The molecule has 2 aromatic carbocycles. The highest BCUT2D eigenvalue weighted by atomic mass is 35.5. The van der Waals surface area contributed by atoms with E-state index < -0.39 is 71.3 Å². The van der Waals surface area contributed by atoms with E-state index in [4.69, 9.17) is 22.3 Å². The van der Waals surface area contributed by atoms with Gasteiger partial charge in [0, 0.05) is 35.7 Å². The van der Waals surface area contributed by atoms with E-state index in [9.17, 15) is 27.5 Å². The summed E-state index contributed by atoms with van der Waals surface area (Å²) in [7, 11) is 1.65. The van der Waals surface area contributed by atoms with Gasteiger partial charge < -0.3 is 16.2 Å². The van der Waals surface area contributed by atoms with Crippen molar-refractivity contribution in [2.24, 2.45) is 13.0 Å². The highest BCUT2D eigenvalue weighted by Gasteiger charge is 2.67. The van der Waals surface area contributed by atoms with E-state index in [0.717, 1.165) is 12.1 Å². The SMILES string of the molecule is Cn1nc(N)c2c(Cl)ccc(-c3ccc(C#CC4(O)CC4)nc3[C@H](Cc3cc(F)cc(F)c3)NC(=O)Cn3nc(C(F)F)c4c3C(F)(F)[C@@H]3C[C@H]43)c21. The van der Waals surface area contributed by atoms with Gasteiger partial charge in [-0.05, 0) is 73.4 Å². The number of nitrogens with zero attached hydrogens (tertiary/aromatic N) is 5. The van der Waals surface area contributed by atoms with Gasteiger partial charge in [-0.15, -0.1) is 0 Å². The zero-order chi connectivity index (χ0) is 36.9. The summed E-state index contributed by atoms with van der Waals surface area (Å²) >= 11 is 6.50. The van der Waals surface area contributed by atoms with E-state index >= 15 is 8.78 Å². The van der Waals surface area contributed by atoms with Crippen LogP contribution in [0.1, 0.15) is 71.6 Å². The van der Waals surface area contributed by atoms with E-state index in [1.54, 1.807) is 31.3 Å². The van der Waals surface area contributed by atoms with Gasteiger partial charge in [0.25, 0.3) is 12.3 Å². The van der Waals surface area contributed by atoms with Crippen LogP contribution in [0.2, 0.25) is 5.02 Å². The van der Waals surface area contributed by atoms with E-state index in [0.29, 0.717) is 50.6 Å². The van der Waals surface area contributed by atoms with E-state index in [1.807, 2.05) is 0 Å². The number of aromatic nitrogens is 5. The highest BCUT2D eigenvalue weighted by molar-refractivity contribution is 6.37. The third-order valence-corrected chi connectivity index (χ3v) is 10.1. The molecule has 2 fully saturated rings. The maximum atomic E-state index is 15.3. The van der Waals surface area contributed by atoms with Crippen LogP contribution in [0.5, 0.6) is 0 Å². The Bertz CT molecular complexity index is 2360. The normalized spacial score (nSPS) is 19.6. The topological polar surface area (TPSA) is 124 Å². The van der Waals surface area contributed by atoms with Gasteiger partial charge in [-0.3, -0.25) is 14.2 Å². The lowest BCUT2D eigenvalue weighted by Gasteiger charge is -2.23. The summed E-state index contributed by atoms with van der Waals surface area (Å²) in [4.78, 5) is 18.6.